The molecule has 4 heteroatoms. The van der Waals surface area contributed by atoms with Gasteiger partial charge in [-0.2, -0.15) is 0 Å². The van der Waals surface area contributed by atoms with Crippen LogP contribution in [0.2, 0.25) is 0 Å². The lowest BCUT2D eigenvalue weighted by Gasteiger charge is -2.32. The highest BCUT2D eigenvalue weighted by molar-refractivity contribution is 5.70. The van der Waals surface area contributed by atoms with Crippen molar-refractivity contribution in [3.05, 3.63) is 23.9 Å². The number of hydrogen-bond acceptors (Lipinski definition) is 3. The second-order valence-corrected chi connectivity index (χ2v) is 5.37. The van der Waals surface area contributed by atoms with Crippen molar-refractivity contribution in [3.63, 3.8) is 0 Å². The number of hydrogen-bond donors (Lipinski definition) is 2. The molecule has 0 amide bonds. The number of nitrogen functional groups attached to an aromatic ring is 1. The van der Waals surface area contributed by atoms with Gasteiger partial charge in [-0.1, -0.05) is 13.0 Å². The fourth-order valence-electron chi connectivity index (χ4n) is 2.96. The molecule has 1 heterocycles. The summed E-state index contributed by atoms with van der Waals surface area (Å²) in [6.07, 6.45) is 5.14. The number of nitrogens with two attached hydrogens (primary N) is 1. The normalized spacial score (nSPS) is 27.9. The van der Waals surface area contributed by atoms with Gasteiger partial charge in [0.1, 0.15) is 5.82 Å². The molecule has 0 aromatic carbocycles. The Morgan fingerprint density at radius 2 is 2.33 bits per heavy atom. The van der Waals surface area contributed by atoms with E-state index in [9.17, 15) is 9.90 Å². The molecule has 0 aliphatic heterocycles. The largest absolute Gasteiger partial charge is 0.481 e. The lowest BCUT2D eigenvalue weighted by Crippen LogP contribution is -2.31. The third kappa shape index (κ3) is 2.81. The van der Waals surface area contributed by atoms with Gasteiger partial charge in [-0.15, -0.1) is 0 Å². The first-order chi connectivity index (χ1) is 8.58. The van der Waals surface area contributed by atoms with Gasteiger partial charge in [0.25, 0.3) is 0 Å². The van der Waals surface area contributed by atoms with Crippen LogP contribution in [-0.4, -0.2) is 16.1 Å². The number of carbonyl (C=O) groups is 1. The molecule has 1 aromatic heterocycles. The molecular formula is C14H20N2O2. The van der Waals surface area contributed by atoms with Crippen LogP contribution < -0.4 is 5.73 Å². The second-order valence-electron chi connectivity index (χ2n) is 5.37. The zero-order chi connectivity index (χ0) is 13.1. The van der Waals surface area contributed by atoms with Gasteiger partial charge in [0.15, 0.2) is 0 Å². The standard InChI is InChI=1S/C14H20N2O2/c1-9-4-5-12(14(17)18)11(7-9)8-10-3-2-6-16-13(10)15/h2-3,6,9,11-12H,4-5,7-8H2,1H3,(H2,15,16)(H,17,18). The summed E-state index contributed by atoms with van der Waals surface area (Å²) in [7, 11) is 0. The van der Waals surface area contributed by atoms with E-state index in [0.717, 1.165) is 31.2 Å². The molecule has 0 radical (unpaired) electrons. The molecule has 1 aliphatic carbocycles. The summed E-state index contributed by atoms with van der Waals surface area (Å²) < 4.78 is 0. The summed E-state index contributed by atoms with van der Waals surface area (Å²) in [5.41, 5.74) is 6.81. The molecule has 18 heavy (non-hydrogen) atoms. The number of rotatable bonds is 3. The number of carboxylic acid groups (broad SMARTS) is 1. The van der Waals surface area contributed by atoms with E-state index >= 15 is 0 Å². The van der Waals surface area contributed by atoms with Crippen molar-refractivity contribution in [2.75, 3.05) is 5.73 Å². The minimum Gasteiger partial charge on any atom is -0.481 e. The van der Waals surface area contributed by atoms with Gasteiger partial charge in [0, 0.05) is 6.20 Å². The van der Waals surface area contributed by atoms with E-state index in [4.69, 9.17) is 5.73 Å². The van der Waals surface area contributed by atoms with Gasteiger partial charge in [-0.25, -0.2) is 4.98 Å². The smallest absolute Gasteiger partial charge is 0.306 e. The Hall–Kier alpha value is -1.58. The lowest BCUT2D eigenvalue weighted by atomic mass is 9.72. The molecule has 3 N–H and O–H groups in total. The predicted octanol–water partition coefficient (Wildman–Crippen LogP) is 2.34. The van der Waals surface area contributed by atoms with Gasteiger partial charge in [-0.05, 0) is 49.1 Å². The van der Waals surface area contributed by atoms with Crippen molar-refractivity contribution in [3.8, 4) is 0 Å². The molecule has 3 unspecified atom stereocenters. The lowest BCUT2D eigenvalue weighted by molar-refractivity contribution is -0.145. The molecule has 0 spiro atoms. The van der Waals surface area contributed by atoms with Crippen LogP contribution in [0.25, 0.3) is 0 Å². The summed E-state index contributed by atoms with van der Waals surface area (Å²) in [6.45, 7) is 2.19. The third-order valence-corrected chi connectivity index (χ3v) is 3.97. The van der Waals surface area contributed by atoms with Gasteiger partial charge >= 0.3 is 5.97 Å². The first-order valence-electron chi connectivity index (χ1n) is 6.50. The molecular weight excluding hydrogens is 228 g/mol. The van der Waals surface area contributed by atoms with E-state index < -0.39 is 5.97 Å². The minimum atomic E-state index is -0.672. The van der Waals surface area contributed by atoms with Gasteiger partial charge in [0.05, 0.1) is 5.92 Å². The van der Waals surface area contributed by atoms with Crippen LogP contribution in [0.1, 0.15) is 31.7 Å². The summed E-state index contributed by atoms with van der Waals surface area (Å²) in [4.78, 5) is 15.4. The number of nitrogens with zero attached hydrogens (tertiary/aromatic N) is 1. The van der Waals surface area contributed by atoms with Gasteiger partial charge in [0.2, 0.25) is 0 Å². The number of aromatic nitrogens is 1. The maximum atomic E-state index is 11.3. The summed E-state index contributed by atoms with van der Waals surface area (Å²) in [6, 6.07) is 3.80. The van der Waals surface area contributed by atoms with E-state index in [1.807, 2.05) is 12.1 Å². The second kappa shape index (κ2) is 5.38. The zero-order valence-electron chi connectivity index (χ0n) is 10.7. The summed E-state index contributed by atoms with van der Waals surface area (Å²) in [5.74, 6) is 0.399. The topological polar surface area (TPSA) is 76.2 Å². The Labute approximate surface area is 107 Å². The fraction of sp³-hybridized carbons (Fsp3) is 0.571. The van der Waals surface area contributed by atoms with Gasteiger partial charge in [-0.3, -0.25) is 4.79 Å². The third-order valence-electron chi connectivity index (χ3n) is 3.97. The first kappa shape index (κ1) is 12.9. The molecule has 4 nitrogen and oxygen atoms in total. The van der Waals surface area contributed by atoms with Crippen molar-refractivity contribution >= 4 is 11.8 Å². The Morgan fingerprint density at radius 3 is 3.00 bits per heavy atom. The maximum absolute atomic E-state index is 11.3. The van der Waals surface area contributed by atoms with Crippen LogP contribution in [0.15, 0.2) is 18.3 Å². The molecule has 2 rings (SSSR count). The Kier molecular flexibility index (Phi) is 3.84. The van der Waals surface area contributed by atoms with E-state index in [-0.39, 0.29) is 11.8 Å². The number of aliphatic carboxylic acids is 1. The van der Waals surface area contributed by atoms with E-state index in [1.54, 1.807) is 6.20 Å². The zero-order valence-corrected chi connectivity index (χ0v) is 10.7. The van der Waals surface area contributed by atoms with Crippen LogP contribution in [0.5, 0.6) is 0 Å². The van der Waals surface area contributed by atoms with Crippen LogP contribution >= 0.6 is 0 Å². The molecule has 3 atom stereocenters. The quantitative estimate of drug-likeness (QED) is 0.860. The summed E-state index contributed by atoms with van der Waals surface area (Å²) in [5, 5.41) is 9.30. The number of anilines is 1. The average Bonchev–Trinajstić information content (AvgIpc) is 2.32. The van der Waals surface area contributed by atoms with Crippen LogP contribution in [-0.2, 0) is 11.2 Å². The minimum absolute atomic E-state index is 0.178. The molecule has 98 valence electrons. The molecule has 1 aromatic rings. The summed E-state index contributed by atoms with van der Waals surface area (Å²) >= 11 is 0. The van der Waals surface area contributed by atoms with Crippen molar-refractivity contribution in [2.45, 2.75) is 32.6 Å². The molecule has 1 saturated carbocycles. The SMILES string of the molecule is CC1CCC(C(=O)O)C(Cc2cccnc2N)C1. The van der Waals surface area contributed by atoms with E-state index in [1.165, 1.54) is 0 Å². The fourth-order valence-corrected chi connectivity index (χ4v) is 2.96. The number of pyridine rings is 1. The monoisotopic (exact) mass is 248 g/mol. The Bertz CT molecular complexity index is 434. The average molecular weight is 248 g/mol. The maximum Gasteiger partial charge on any atom is 0.306 e. The highest BCUT2D eigenvalue weighted by Crippen LogP contribution is 2.36. The highest BCUT2D eigenvalue weighted by Gasteiger charge is 2.33. The number of carboxylic acids is 1. The van der Waals surface area contributed by atoms with E-state index in [0.29, 0.717) is 11.7 Å². The van der Waals surface area contributed by atoms with Crippen LogP contribution in [0.4, 0.5) is 5.82 Å². The van der Waals surface area contributed by atoms with Crippen molar-refractivity contribution in [2.24, 2.45) is 17.8 Å². The van der Waals surface area contributed by atoms with Crippen LogP contribution in [0.3, 0.4) is 0 Å². The highest BCUT2D eigenvalue weighted by atomic mass is 16.4. The molecule has 1 fully saturated rings. The molecule has 1 aliphatic rings. The van der Waals surface area contributed by atoms with Crippen molar-refractivity contribution in [1.82, 2.24) is 4.98 Å². The van der Waals surface area contributed by atoms with Crippen molar-refractivity contribution in [1.29, 1.82) is 0 Å². The molecule has 0 saturated heterocycles. The van der Waals surface area contributed by atoms with E-state index in [2.05, 4.69) is 11.9 Å². The predicted molar refractivity (Wildman–Crippen MR) is 70.0 cm³/mol. The molecule has 0 bridgehead atoms. The van der Waals surface area contributed by atoms with Crippen molar-refractivity contribution < 1.29 is 9.90 Å². The van der Waals surface area contributed by atoms with Gasteiger partial charge < -0.3 is 10.8 Å². The Balaban J connectivity index is 2.14. The van der Waals surface area contributed by atoms with Crippen LogP contribution in [0, 0.1) is 17.8 Å². The first-order valence-corrected chi connectivity index (χ1v) is 6.50. The Morgan fingerprint density at radius 1 is 1.56 bits per heavy atom.